The lowest BCUT2D eigenvalue weighted by Gasteiger charge is -2.32. The normalized spacial score (nSPS) is 17.4. The molecule has 132 valence electrons. The van der Waals surface area contributed by atoms with Gasteiger partial charge in [-0.25, -0.2) is 0 Å². The molecule has 1 aromatic rings. The lowest BCUT2D eigenvalue weighted by Crippen LogP contribution is -2.63. The molecule has 6 N–H and O–H groups in total. The van der Waals surface area contributed by atoms with E-state index in [0.29, 0.717) is 6.92 Å². The van der Waals surface area contributed by atoms with Crippen molar-refractivity contribution < 1.29 is 45.0 Å². The van der Waals surface area contributed by atoms with Crippen molar-refractivity contribution in [2.75, 3.05) is 6.61 Å². The fraction of sp³-hybridized carbons (Fsp3) is 0.400. The largest absolute Gasteiger partial charge is 0.507 e. The zero-order valence-corrected chi connectivity index (χ0v) is 12.7. The number of rotatable bonds is 8. The minimum absolute atomic E-state index is 0.522. The van der Waals surface area contributed by atoms with Crippen molar-refractivity contribution in [2.24, 2.45) is 0 Å². The summed E-state index contributed by atoms with van der Waals surface area (Å²) >= 11 is 0. The summed E-state index contributed by atoms with van der Waals surface area (Å²) in [6.07, 6.45) is -6.84. The molecule has 0 aromatic heterocycles. The number of hydrogen-bond acceptors (Lipinski definition) is 9. The van der Waals surface area contributed by atoms with E-state index in [1.54, 1.807) is 0 Å². The predicted molar refractivity (Wildman–Crippen MR) is 78.2 cm³/mol. The van der Waals surface area contributed by atoms with Gasteiger partial charge in [-0.1, -0.05) is 12.1 Å². The van der Waals surface area contributed by atoms with E-state index in [1.807, 2.05) is 0 Å². The summed E-state index contributed by atoms with van der Waals surface area (Å²) in [5.74, 6) is -5.23. The van der Waals surface area contributed by atoms with Crippen molar-refractivity contribution in [3.8, 4) is 5.75 Å². The molecule has 0 aliphatic carbocycles. The first-order valence-electron chi connectivity index (χ1n) is 6.84. The van der Waals surface area contributed by atoms with Gasteiger partial charge in [0.05, 0.1) is 12.2 Å². The van der Waals surface area contributed by atoms with Crippen LogP contribution in [-0.4, -0.2) is 78.5 Å². The number of benzene rings is 1. The molecular weight excluding hydrogens is 324 g/mol. The van der Waals surface area contributed by atoms with Crippen LogP contribution in [0.1, 0.15) is 17.3 Å². The number of ketones is 3. The Morgan fingerprint density at radius 1 is 1.12 bits per heavy atom. The number of aromatic hydroxyl groups is 1. The Morgan fingerprint density at radius 2 is 1.67 bits per heavy atom. The van der Waals surface area contributed by atoms with Crippen molar-refractivity contribution in [1.29, 1.82) is 0 Å². The molecule has 0 saturated heterocycles. The summed E-state index contributed by atoms with van der Waals surface area (Å²) < 4.78 is 0. The van der Waals surface area contributed by atoms with Gasteiger partial charge in [0.1, 0.15) is 24.1 Å². The molecule has 0 unspecified atom stereocenters. The van der Waals surface area contributed by atoms with Crippen LogP contribution in [0, 0.1) is 0 Å². The van der Waals surface area contributed by atoms with Crippen LogP contribution in [0.5, 0.6) is 5.75 Å². The molecule has 0 saturated carbocycles. The Morgan fingerprint density at radius 3 is 2.12 bits per heavy atom. The highest BCUT2D eigenvalue weighted by molar-refractivity contribution is 6.50. The van der Waals surface area contributed by atoms with E-state index in [-0.39, 0.29) is 0 Å². The number of phenolic OH excluding ortho intramolecular Hbond substituents is 1. The highest BCUT2D eigenvalue weighted by atomic mass is 16.4. The fourth-order valence-electron chi connectivity index (χ4n) is 2.03. The van der Waals surface area contributed by atoms with Crippen LogP contribution in [-0.2, 0) is 9.59 Å². The number of Topliss-reactive ketones (excluding diaryl/α,β-unsaturated/α-hetero) is 3. The monoisotopic (exact) mass is 342 g/mol. The minimum Gasteiger partial charge on any atom is -0.507 e. The molecule has 0 heterocycles. The molecule has 0 aliphatic heterocycles. The Hall–Kier alpha value is -2.17. The topological polar surface area (TPSA) is 173 Å². The van der Waals surface area contributed by atoms with E-state index in [4.69, 9.17) is 5.11 Å². The second-order valence-electron chi connectivity index (χ2n) is 5.18. The van der Waals surface area contributed by atoms with Crippen LogP contribution in [0.3, 0.4) is 0 Å². The van der Waals surface area contributed by atoms with Gasteiger partial charge in [0.15, 0.2) is 5.78 Å². The maximum atomic E-state index is 12.3. The van der Waals surface area contributed by atoms with Crippen molar-refractivity contribution in [3.63, 3.8) is 0 Å². The van der Waals surface area contributed by atoms with E-state index in [1.165, 1.54) is 12.1 Å². The molecule has 1 aromatic carbocycles. The summed E-state index contributed by atoms with van der Waals surface area (Å²) in [6, 6.07) is 4.83. The molecule has 0 radical (unpaired) electrons. The number of para-hydroxylation sites is 1. The Labute approximate surface area is 136 Å². The highest BCUT2D eigenvalue weighted by Gasteiger charge is 2.54. The summed E-state index contributed by atoms with van der Waals surface area (Å²) in [6.45, 7) is -0.342. The van der Waals surface area contributed by atoms with Gasteiger partial charge in [-0.05, 0) is 19.1 Å². The molecule has 9 nitrogen and oxygen atoms in total. The van der Waals surface area contributed by atoms with E-state index in [2.05, 4.69) is 0 Å². The van der Waals surface area contributed by atoms with Crippen molar-refractivity contribution in [2.45, 2.75) is 30.8 Å². The number of carbonyl (C=O) groups excluding carboxylic acids is 3. The molecule has 1 rings (SSSR count). The van der Waals surface area contributed by atoms with Crippen LogP contribution in [0.15, 0.2) is 24.3 Å². The van der Waals surface area contributed by atoms with Gasteiger partial charge in [0.2, 0.25) is 17.2 Å². The van der Waals surface area contributed by atoms with Crippen LogP contribution < -0.4 is 0 Å². The smallest absolute Gasteiger partial charge is 0.245 e. The molecular formula is C15H18O9. The predicted octanol–water partition coefficient (Wildman–Crippen LogP) is -2.46. The second kappa shape index (κ2) is 7.60. The first kappa shape index (κ1) is 19.9. The summed E-state index contributed by atoms with van der Waals surface area (Å²) in [5, 5.41) is 57.5. The number of hydrogen-bond donors (Lipinski definition) is 6. The summed E-state index contributed by atoms with van der Waals surface area (Å²) in [5.41, 5.74) is -3.89. The SMILES string of the molecule is CC(=O)[C@](O)(C(=O)C(=O)c1ccccc1O)[C@@H](O)[C@H](O)[C@H](O)CO. The molecule has 9 heteroatoms. The Bertz CT molecular complexity index is 642. The third-order valence-corrected chi connectivity index (χ3v) is 3.57. The molecule has 24 heavy (non-hydrogen) atoms. The first-order chi connectivity index (χ1) is 11.1. The Kier molecular flexibility index (Phi) is 6.29. The van der Waals surface area contributed by atoms with Gasteiger partial charge in [-0.2, -0.15) is 0 Å². The third kappa shape index (κ3) is 3.50. The molecule has 4 atom stereocenters. The maximum Gasteiger partial charge on any atom is 0.245 e. The van der Waals surface area contributed by atoms with E-state index in [9.17, 15) is 39.9 Å². The van der Waals surface area contributed by atoms with Gasteiger partial charge in [0.25, 0.3) is 0 Å². The quantitative estimate of drug-likeness (QED) is 0.170. The number of phenols is 1. The van der Waals surface area contributed by atoms with Crippen LogP contribution in [0.25, 0.3) is 0 Å². The highest BCUT2D eigenvalue weighted by Crippen LogP contribution is 2.24. The molecule has 0 aliphatic rings. The van der Waals surface area contributed by atoms with Gasteiger partial charge in [-0.15, -0.1) is 0 Å². The standard InChI is InChI=1S/C15H18O9/c1-7(17)15(24,14(23)12(21)10(19)6-16)13(22)11(20)8-4-2-3-5-9(8)18/h2-5,10,12,14,16,18-19,21,23-24H,6H2,1H3/t10-,12-,14+,15+/m1/s1. The average molecular weight is 342 g/mol. The number of aliphatic hydroxyl groups is 5. The number of carbonyl (C=O) groups is 3. The maximum absolute atomic E-state index is 12.3. The fourth-order valence-corrected chi connectivity index (χ4v) is 2.03. The van der Waals surface area contributed by atoms with Crippen LogP contribution >= 0.6 is 0 Å². The minimum atomic E-state index is -3.37. The zero-order valence-electron chi connectivity index (χ0n) is 12.7. The lowest BCUT2D eigenvalue weighted by atomic mass is 9.80. The van der Waals surface area contributed by atoms with Crippen LogP contribution in [0.2, 0.25) is 0 Å². The Balaban J connectivity index is 3.28. The third-order valence-electron chi connectivity index (χ3n) is 3.57. The summed E-state index contributed by atoms with van der Waals surface area (Å²) in [4.78, 5) is 36.1. The van der Waals surface area contributed by atoms with Crippen molar-refractivity contribution in [3.05, 3.63) is 29.8 Å². The van der Waals surface area contributed by atoms with Gasteiger partial charge >= 0.3 is 0 Å². The average Bonchev–Trinajstić information content (AvgIpc) is 2.57. The lowest BCUT2D eigenvalue weighted by molar-refractivity contribution is -0.177. The van der Waals surface area contributed by atoms with Gasteiger partial charge in [-0.3, -0.25) is 14.4 Å². The van der Waals surface area contributed by atoms with E-state index >= 15 is 0 Å². The molecule has 0 amide bonds. The molecule has 0 spiro atoms. The van der Waals surface area contributed by atoms with Crippen LogP contribution in [0.4, 0.5) is 0 Å². The zero-order chi connectivity index (χ0) is 18.7. The van der Waals surface area contributed by atoms with Gasteiger partial charge < -0.3 is 30.6 Å². The van der Waals surface area contributed by atoms with Crippen molar-refractivity contribution in [1.82, 2.24) is 0 Å². The second-order valence-corrected chi connectivity index (χ2v) is 5.18. The van der Waals surface area contributed by atoms with E-state index < -0.39 is 59.2 Å². The van der Waals surface area contributed by atoms with E-state index in [0.717, 1.165) is 12.1 Å². The molecule has 0 bridgehead atoms. The van der Waals surface area contributed by atoms with Gasteiger partial charge in [0, 0.05) is 0 Å². The number of aliphatic hydroxyl groups excluding tert-OH is 4. The summed E-state index contributed by atoms with van der Waals surface area (Å²) in [7, 11) is 0. The van der Waals surface area contributed by atoms with Crippen molar-refractivity contribution >= 4 is 17.3 Å². The molecule has 0 fully saturated rings. The first-order valence-corrected chi connectivity index (χ1v) is 6.84.